The maximum atomic E-state index is 6.12. The first kappa shape index (κ1) is 9.79. The third-order valence-corrected chi connectivity index (χ3v) is 5.02. The van der Waals surface area contributed by atoms with Gasteiger partial charge in [-0.05, 0) is 61.7 Å². The second-order valence-corrected chi connectivity index (χ2v) is 5.82. The number of alkyl halides is 1. The number of halogens is 1. The molecule has 4 aliphatic carbocycles. The molecule has 0 aromatic heterocycles. The van der Waals surface area contributed by atoms with Crippen molar-refractivity contribution in [2.45, 2.75) is 38.5 Å². The molecule has 0 unspecified atom stereocenters. The highest BCUT2D eigenvalue weighted by Crippen LogP contribution is 2.60. The van der Waals surface area contributed by atoms with Crippen LogP contribution in [0.15, 0.2) is 0 Å². The van der Waals surface area contributed by atoms with E-state index in [-0.39, 0.29) is 5.48 Å². The van der Waals surface area contributed by atoms with Gasteiger partial charge >= 0.3 is 0 Å². The minimum Gasteiger partial charge on any atom is -0.412 e. The van der Waals surface area contributed by atoms with Gasteiger partial charge in [-0.25, -0.2) is 0 Å². The molecule has 2 N–H and O–H groups in total. The molecule has 0 heterocycles. The van der Waals surface area contributed by atoms with Gasteiger partial charge in [0, 0.05) is 5.88 Å². The highest BCUT2D eigenvalue weighted by Gasteiger charge is 2.50. The van der Waals surface area contributed by atoms with Gasteiger partial charge in [0.15, 0.2) is 0 Å². The highest BCUT2D eigenvalue weighted by atomic mass is 35.5. The molecule has 0 saturated heterocycles. The topological polar surface area (TPSA) is 31.5 Å². The Morgan fingerprint density at radius 2 is 1.31 bits per heavy atom. The monoisotopic (exact) mass is 202 g/mol. The molecule has 1 nitrogen and oxygen atoms in total. The van der Waals surface area contributed by atoms with E-state index in [1.807, 2.05) is 0 Å². The third kappa shape index (κ3) is 1.41. The van der Waals surface area contributed by atoms with E-state index >= 15 is 0 Å². The van der Waals surface area contributed by atoms with Gasteiger partial charge in [-0.3, -0.25) is 0 Å². The van der Waals surface area contributed by atoms with Gasteiger partial charge in [-0.15, -0.1) is 11.6 Å². The van der Waals surface area contributed by atoms with Crippen LogP contribution in [0.3, 0.4) is 0 Å². The van der Waals surface area contributed by atoms with Crippen molar-refractivity contribution in [2.75, 3.05) is 5.88 Å². The molecule has 0 radical (unpaired) electrons. The van der Waals surface area contributed by atoms with E-state index in [0.29, 0.717) is 5.41 Å². The van der Waals surface area contributed by atoms with Crippen molar-refractivity contribution in [2.24, 2.45) is 23.2 Å². The highest BCUT2D eigenvalue weighted by molar-refractivity contribution is 6.18. The minimum absolute atomic E-state index is 0. The van der Waals surface area contributed by atoms with Crippen molar-refractivity contribution in [3.63, 3.8) is 0 Å². The maximum Gasteiger partial charge on any atom is 0.0280 e. The van der Waals surface area contributed by atoms with E-state index in [1.54, 1.807) is 0 Å². The lowest BCUT2D eigenvalue weighted by Gasteiger charge is -2.56. The summed E-state index contributed by atoms with van der Waals surface area (Å²) in [6.07, 6.45) is 9.00. The summed E-state index contributed by atoms with van der Waals surface area (Å²) in [4.78, 5) is 0. The van der Waals surface area contributed by atoms with Gasteiger partial charge in [0.25, 0.3) is 0 Å². The predicted molar refractivity (Wildman–Crippen MR) is 54.9 cm³/mol. The largest absolute Gasteiger partial charge is 0.412 e. The normalized spacial score (nSPS) is 51.9. The van der Waals surface area contributed by atoms with Crippen LogP contribution in [0.5, 0.6) is 0 Å². The Hall–Kier alpha value is 0.250. The summed E-state index contributed by atoms with van der Waals surface area (Å²) in [5.74, 6) is 4.14. The van der Waals surface area contributed by atoms with Crippen molar-refractivity contribution < 1.29 is 5.48 Å². The number of hydrogen-bond acceptors (Lipinski definition) is 0. The Morgan fingerprint density at radius 1 is 0.923 bits per heavy atom. The predicted octanol–water partition coefficient (Wildman–Crippen LogP) is 2.62. The van der Waals surface area contributed by atoms with E-state index in [9.17, 15) is 0 Å². The minimum atomic E-state index is 0. The summed E-state index contributed by atoms with van der Waals surface area (Å²) in [5.41, 5.74) is 0.607. The zero-order chi connectivity index (χ0) is 8.18. The molecular formula is C11H19ClO. The molecule has 0 spiro atoms. The fourth-order valence-electron chi connectivity index (χ4n) is 4.45. The zero-order valence-electron chi connectivity index (χ0n) is 8.06. The van der Waals surface area contributed by atoms with E-state index in [0.717, 1.165) is 23.6 Å². The zero-order valence-corrected chi connectivity index (χ0v) is 8.82. The average molecular weight is 203 g/mol. The van der Waals surface area contributed by atoms with Crippen LogP contribution in [-0.2, 0) is 0 Å². The Morgan fingerprint density at radius 3 is 1.62 bits per heavy atom. The lowest BCUT2D eigenvalue weighted by atomic mass is 9.50. The van der Waals surface area contributed by atoms with Gasteiger partial charge in [-0.2, -0.15) is 0 Å². The van der Waals surface area contributed by atoms with Crippen LogP contribution in [0.1, 0.15) is 38.5 Å². The molecule has 0 atom stereocenters. The first-order chi connectivity index (χ1) is 5.80. The molecular weight excluding hydrogens is 184 g/mol. The summed E-state index contributed by atoms with van der Waals surface area (Å²) in [5, 5.41) is 0. The lowest BCUT2D eigenvalue weighted by molar-refractivity contribution is -0.0389. The molecule has 4 saturated carbocycles. The molecule has 2 heteroatoms. The Balaban J connectivity index is 0.000000653. The van der Waals surface area contributed by atoms with Crippen molar-refractivity contribution in [3.8, 4) is 0 Å². The van der Waals surface area contributed by atoms with Crippen LogP contribution < -0.4 is 0 Å². The standard InChI is InChI=1S/C11H17Cl.H2O/c12-7-11-4-8-1-9(5-11)3-10(2-8)6-11;/h8-10H,1-7H2;1H2. The second kappa shape index (κ2) is 3.13. The number of hydrogen-bond donors (Lipinski definition) is 0. The van der Waals surface area contributed by atoms with Crippen LogP contribution in [0, 0.1) is 23.2 Å². The van der Waals surface area contributed by atoms with Crippen molar-refractivity contribution in [1.29, 1.82) is 0 Å². The second-order valence-electron chi connectivity index (χ2n) is 5.55. The van der Waals surface area contributed by atoms with E-state index in [4.69, 9.17) is 11.6 Å². The molecule has 4 fully saturated rings. The van der Waals surface area contributed by atoms with Crippen molar-refractivity contribution in [1.82, 2.24) is 0 Å². The van der Waals surface area contributed by atoms with Crippen LogP contribution in [0.4, 0.5) is 0 Å². The third-order valence-electron chi connectivity index (χ3n) is 4.45. The fourth-order valence-corrected chi connectivity index (χ4v) is 4.78. The smallest absolute Gasteiger partial charge is 0.0280 e. The van der Waals surface area contributed by atoms with Crippen LogP contribution >= 0.6 is 11.6 Å². The molecule has 0 aromatic carbocycles. The summed E-state index contributed by atoms with van der Waals surface area (Å²) in [7, 11) is 0. The molecule has 0 aliphatic heterocycles. The molecule has 76 valence electrons. The van der Waals surface area contributed by atoms with E-state index < -0.39 is 0 Å². The van der Waals surface area contributed by atoms with Crippen molar-refractivity contribution >= 4 is 11.6 Å². The van der Waals surface area contributed by atoms with E-state index in [2.05, 4.69) is 0 Å². The first-order valence-electron chi connectivity index (χ1n) is 5.36. The molecule has 13 heavy (non-hydrogen) atoms. The van der Waals surface area contributed by atoms with Gasteiger partial charge in [-0.1, -0.05) is 0 Å². The van der Waals surface area contributed by atoms with Crippen LogP contribution in [0.25, 0.3) is 0 Å². The summed E-state index contributed by atoms with van der Waals surface area (Å²) in [6, 6.07) is 0. The summed E-state index contributed by atoms with van der Waals surface area (Å²) >= 11 is 6.12. The van der Waals surface area contributed by atoms with Crippen LogP contribution in [-0.4, -0.2) is 11.4 Å². The quantitative estimate of drug-likeness (QED) is 0.586. The first-order valence-corrected chi connectivity index (χ1v) is 5.89. The van der Waals surface area contributed by atoms with Gasteiger partial charge < -0.3 is 5.48 Å². The maximum absolute atomic E-state index is 6.12. The lowest BCUT2D eigenvalue weighted by Crippen LogP contribution is -2.46. The fraction of sp³-hybridized carbons (Fsp3) is 1.00. The molecule has 4 bridgehead atoms. The molecule has 0 aromatic rings. The molecule has 4 rings (SSSR count). The van der Waals surface area contributed by atoms with Gasteiger partial charge in [0.2, 0.25) is 0 Å². The Labute approximate surface area is 85.2 Å². The Kier molecular flexibility index (Phi) is 2.36. The van der Waals surface area contributed by atoms with Gasteiger partial charge in [0.05, 0.1) is 0 Å². The number of rotatable bonds is 1. The van der Waals surface area contributed by atoms with E-state index in [1.165, 1.54) is 38.5 Å². The summed E-state index contributed by atoms with van der Waals surface area (Å²) < 4.78 is 0. The molecule has 4 aliphatic rings. The van der Waals surface area contributed by atoms with Gasteiger partial charge in [0.1, 0.15) is 0 Å². The van der Waals surface area contributed by atoms with Crippen molar-refractivity contribution in [3.05, 3.63) is 0 Å². The average Bonchev–Trinajstić information content (AvgIpc) is 2.02. The SMILES string of the molecule is ClCC12CC3CC(CC(C3)C1)C2.O. The summed E-state index contributed by atoms with van der Waals surface area (Å²) in [6.45, 7) is 0. The van der Waals surface area contributed by atoms with Crippen LogP contribution in [0.2, 0.25) is 0 Å². The molecule has 0 amide bonds. The Bertz CT molecular complexity index is 167.